The van der Waals surface area contributed by atoms with E-state index in [1.165, 1.54) is 24.3 Å². The number of nitrogens with zero attached hydrogens (tertiary/aromatic N) is 4. The largest absolute Gasteiger partial charge is 0.469 e. The fraction of sp³-hybridized carbons (Fsp3) is 0.559. The molecule has 1 aliphatic carbocycles. The summed E-state index contributed by atoms with van der Waals surface area (Å²) < 4.78 is 129. The predicted molar refractivity (Wildman–Crippen MR) is 312 cm³/mol. The molecule has 16 nitrogen and oxygen atoms in total. The molecule has 0 bridgehead atoms. The molecule has 0 heterocycles. The summed E-state index contributed by atoms with van der Waals surface area (Å²) in [7, 11) is -15.3. The monoisotopic (exact) mass is 1170 g/mol. The van der Waals surface area contributed by atoms with Gasteiger partial charge in [0.05, 0.1) is 26.7 Å². The maximum Gasteiger partial charge on any atom is 0.305 e. The molecule has 0 saturated heterocycles. The van der Waals surface area contributed by atoms with Crippen LogP contribution in [0.2, 0.25) is 0 Å². The number of methoxy groups -OCH3 is 1. The molecule has 20 heteroatoms. The van der Waals surface area contributed by atoms with E-state index in [-0.39, 0.29) is 128 Å². The van der Waals surface area contributed by atoms with Crippen molar-refractivity contribution in [2.24, 2.45) is 5.92 Å². The summed E-state index contributed by atoms with van der Waals surface area (Å²) in [5, 5.41) is 2.86. The summed E-state index contributed by atoms with van der Waals surface area (Å²) >= 11 is 0. The number of carbonyl (C=O) groups excluding carboxylic acids is 2. The van der Waals surface area contributed by atoms with Crippen molar-refractivity contribution in [3.8, 4) is 0 Å². The molecule has 79 heavy (non-hydrogen) atoms. The van der Waals surface area contributed by atoms with E-state index in [0.29, 0.717) is 63.9 Å². The number of carbonyl (C=O) groups is 2. The maximum absolute atomic E-state index is 15.1. The summed E-state index contributed by atoms with van der Waals surface area (Å²) in [6.45, 7) is 21.8. The molecular formula is C59H87N5O11S4. The van der Waals surface area contributed by atoms with Gasteiger partial charge in [-0.3, -0.25) is 9.59 Å². The Kier molecular flexibility index (Phi) is 23.1. The van der Waals surface area contributed by atoms with Gasteiger partial charge >= 0.3 is 5.97 Å². The van der Waals surface area contributed by atoms with Gasteiger partial charge in [-0.15, -0.1) is 0 Å². The molecule has 0 aromatic heterocycles. The van der Waals surface area contributed by atoms with Gasteiger partial charge in [-0.25, -0.2) is 33.7 Å². The van der Waals surface area contributed by atoms with Gasteiger partial charge in [0.2, 0.25) is 46.0 Å². The Balaban J connectivity index is 1.45. The average molecular weight is 1170 g/mol. The molecule has 1 aliphatic rings. The highest BCUT2D eigenvalue weighted by molar-refractivity contribution is 7.90. The third kappa shape index (κ3) is 17.0. The second-order valence-corrected chi connectivity index (χ2v) is 29.5. The van der Waals surface area contributed by atoms with Gasteiger partial charge in [0.1, 0.15) is 0 Å². The van der Waals surface area contributed by atoms with Crippen LogP contribution < -0.4 is 5.32 Å². The van der Waals surface area contributed by atoms with E-state index in [1.54, 1.807) is 67.5 Å². The van der Waals surface area contributed by atoms with Gasteiger partial charge in [-0.2, -0.15) is 17.2 Å². The summed E-state index contributed by atoms with van der Waals surface area (Å²) in [4.78, 5) is 24.9. The first-order valence-electron chi connectivity index (χ1n) is 27.6. The quantitative estimate of drug-likeness (QED) is 0.0371. The molecule has 1 amide bonds. The summed E-state index contributed by atoms with van der Waals surface area (Å²) in [5.74, 6) is -0.364. The molecule has 1 N–H and O–H groups in total. The fourth-order valence-electron chi connectivity index (χ4n) is 11.3. The van der Waals surface area contributed by atoms with Crippen LogP contribution in [0.15, 0.2) is 68.1 Å². The number of rotatable bonds is 31. The topological polar surface area (TPSA) is 205 Å². The second kappa shape index (κ2) is 28.0. The number of sulfonamides is 4. The number of ether oxygens (including phenoxy) is 1. The first-order chi connectivity index (χ1) is 36.9. The lowest BCUT2D eigenvalue weighted by atomic mass is 10.1. The third-order valence-electron chi connectivity index (χ3n) is 14.6. The summed E-state index contributed by atoms with van der Waals surface area (Å²) in [5.41, 5.74) is 8.28. The molecule has 0 radical (unpaired) electrons. The lowest BCUT2D eigenvalue weighted by molar-refractivity contribution is -0.140. The van der Waals surface area contributed by atoms with Crippen LogP contribution in [0.5, 0.6) is 0 Å². The molecule has 4 aromatic rings. The van der Waals surface area contributed by atoms with Crippen LogP contribution >= 0.6 is 0 Å². The number of hydrogen-bond acceptors (Lipinski definition) is 11. The van der Waals surface area contributed by atoms with Crippen LogP contribution in [0.3, 0.4) is 0 Å². The van der Waals surface area contributed by atoms with Crippen LogP contribution in [0.4, 0.5) is 0 Å². The number of hydrogen-bond donors (Lipinski definition) is 1. The molecule has 0 spiro atoms. The normalized spacial score (nSPS) is 13.5. The van der Waals surface area contributed by atoms with Crippen molar-refractivity contribution in [2.45, 2.75) is 167 Å². The zero-order chi connectivity index (χ0) is 58.8. The van der Waals surface area contributed by atoms with E-state index in [2.05, 4.69) is 10.1 Å². The van der Waals surface area contributed by atoms with Crippen LogP contribution in [0, 0.1) is 89.0 Å². The Labute approximate surface area is 473 Å². The predicted octanol–water partition coefficient (Wildman–Crippen LogP) is 9.27. The Hall–Kier alpha value is -4.54. The van der Waals surface area contributed by atoms with Crippen molar-refractivity contribution in [3.05, 3.63) is 115 Å². The standard InChI is InChI=1S/C59H87N5O11S4/c1-41-32-45(5)56(46(6)33-41)76(67,68)61(25-16-24-60-54(65)20-14-15-21-55(66)75-13)26-17-27-62(77(69,70)57-47(7)34-42(2)35-48(57)8)28-18-29-63(78(71,72)58-49(9)36-43(3)37-50(58)10)30-19-31-64(40-53-22-23-53)79(73,74)59-51(11)38-44(4)39-52(59)12/h32-39,53H,14-31,40H2,1-13H3,(H,60,65). The van der Waals surface area contributed by atoms with Crippen molar-refractivity contribution in [1.82, 2.24) is 22.5 Å². The first-order valence-corrected chi connectivity index (χ1v) is 33.3. The molecule has 5 rings (SSSR count). The number of benzene rings is 4. The number of nitrogens with one attached hydrogen (secondary N) is 1. The van der Waals surface area contributed by atoms with E-state index < -0.39 is 40.1 Å². The van der Waals surface area contributed by atoms with Crippen LogP contribution in [-0.2, 0) is 54.4 Å². The Bertz CT molecular complexity index is 3210. The number of amides is 1. The van der Waals surface area contributed by atoms with Crippen molar-refractivity contribution in [3.63, 3.8) is 0 Å². The minimum Gasteiger partial charge on any atom is -0.469 e. The van der Waals surface area contributed by atoms with Gasteiger partial charge in [-0.05, 0) is 185 Å². The molecule has 0 atom stereocenters. The molecule has 1 saturated carbocycles. The second-order valence-electron chi connectivity index (χ2n) is 22.0. The van der Waals surface area contributed by atoms with Gasteiger partial charge in [0.25, 0.3) is 0 Å². The summed E-state index contributed by atoms with van der Waals surface area (Å²) in [6.07, 6.45) is 3.76. The van der Waals surface area contributed by atoms with Crippen molar-refractivity contribution in [1.29, 1.82) is 0 Å². The number of aryl methyl sites for hydroxylation is 12. The SMILES string of the molecule is COC(=O)CCCCC(=O)NCCCN(CCCN(CCCN(CCCN(CC1CC1)S(=O)(=O)c1c(C)cc(C)cc1C)S(=O)(=O)c1c(C)cc(C)cc1C)S(=O)(=O)c1c(C)cc(C)cc1C)S(=O)(=O)c1c(C)cc(C)cc1C. The highest BCUT2D eigenvalue weighted by Gasteiger charge is 2.36. The van der Waals surface area contributed by atoms with Crippen molar-refractivity contribution < 1.29 is 48.0 Å². The van der Waals surface area contributed by atoms with Crippen molar-refractivity contribution in [2.75, 3.05) is 66.0 Å². The number of esters is 1. The van der Waals surface area contributed by atoms with Crippen LogP contribution in [0.1, 0.15) is 131 Å². The molecule has 0 aliphatic heterocycles. The summed E-state index contributed by atoms with van der Waals surface area (Å²) in [6, 6.07) is 14.6. The highest BCUT2D eigenvalue weighted by atomic mass is 32.2. The average Bonchev–Trinajstić information content (AvgIpc) is 4.21. The third-order valence-corrected chi connectivity index (χ3v) is 23.4. The first kappa shape index (κ1) is 65.3. The lowest BCUT2D eigenvalue weighted by Crippen LogP contribution is -2.41. The van der Waals surface area contributed by atoms with E-state index in [4.69, 9.17) is 0 Å². The molecule has 4 aromatic carbocycles. The zero-order valence-electron chi connectivity index (χ0n) is 49.0. The fourth-order valence-corrected chi connectivity index (χ4v) is 19.0. The van der Waals surface area contributed by atoms with Gasteiger partial charge < -0.3 is 10.1 Å². The Morgan fingerprint density at radius 2 is 0.684 bits per heavy atom. The van der Waals surface area contributed by atoms with Crippen LogP contribution in [-0.4, -0.2) is 129 Å². The molecule has 0 unspecified atom stereocenters. The van der Waals surface area contributed by atoms with Gasteiger partial charge in [-0.1, -0.05) is 70.8 Å². The van der Waals surface area contributed by atoms with Crippen molar-refractivity contribution >= 4 is 52.0 Å². The smallest absolute Gasteiger partial charge is 0.305 e. The Morgan fingerprint density at radius 3 is 0.975 bits per heavy atom. The van der Waals surface area contributed by atoms with Gasteiger partial charge in [0.15, 0.2) is 0 Å². The highest BCUT2D eigenvalue weighted by Crippen LogP contribution is 2.34. The Morgan fingerprint density at radius 1 is 0.418 bits per heavy atom. The lowest BCUT2D eigenvalue weighted by Gasteiger charge is -2.29. The number of unbranched alkanes of at least 4 members (excludes halogenated alkanes) is 1. The van der Waals surface area contributed by atoms with E-state index in [9.17, 15) is 26.4 Å². The van der Waals surface area contributed by atoms with E-state index >= 15 is 16.8 Å². The minimum atomic E-state index is -4.27. The molecule has 438 valence electrons. The van der Waals surface area contributed by atoms with Crippen LogP contribution in [0.25, 0.3) is 0 Å². The minimum absolute atomic E-state index is 0.0227. The van der Waals surface area contributed by atoms with E-state index in [0.717, 1.165) is 35.1 Å². The maximum atomic E-state index is 15.1. The van der Waals surface area contributed by atoms with E-state index in [1.807, 2.05) is 64.1 Å². The molecule has 1 fully saturated rings. The molecular weight excluding hydrogens is 1080 g/mol. The van der Waals surface area contributed by atoms with Gasteiger partial charge in [0, 0.05) is 71.7 Å². The zero-order valence-corrected chi connectivity index (χ0v) is 52.3.